The van der Waals surface area contributed by atoms with Crippen molar-refractivity contribution < 1.29 is 14.3 Å². The van der Waals surface area contributed by atoms with E-state index in [9.17, 15) is 4.79 Å². The molecule has 0 saturated carbocycles. The number of ether oxygens (including phenoxy) is 2. The number of rotatable bonds is 4. The van der Waals surface area contributed by atoms with Crippen molar-refractivity contribution in [2.24, 2.45) is 0 Å². The van der Waals surface area contributed by atoms with E-state index < -0.39 is 5.60 Å². The second kappa shape index (κ2) is 8.75. The monoisotopic (exact) mass is 409 g/mol. The Bertz CT molecular complexity index is 624. The zero-order valence-electron chi connectivity index (χ0n) is 15.6. The molecule has 138 valence electrons. The van der Waals surface area contributed by atoms with E-state index in [0.717, 1.165) is 41.7 Å². The summed E-state index contributed by atoms with van der Waals surface area (Å²) >= 11 is 3.55. The number of amides is 1. The molecule has 0 N–H and O–H groups in total. The second-order valence-electron chi connectivity index (χ2n) is 7.34. The minimum absolute atomic E-state index is 0.218. The Morgan fingerprint density at radius 1 is 1.24 bits per heavy atom. The molecule has 1 heterocycles. The normalized spacial score (nSPS) is 15.1. The molecule has 1 saturated heterocycles. The van der Waals surface area contributed by atoms with Crippen LogP contribution in [0, 0.1) is 0 Å². The molecule has 0 radical (unpaired) electrons. The van der Waals surface area contributed by atoms with E-state index in [4.69, 9.17) is 9.47 Å². The molecule has 0 bridgehead atoms. The molecule has 1 fully saturated rings. The summed E-state index contributed by atoms with van der Waals surface area (Å²) in [7, 11) is 0. The van der Waals surface area contributed by atoms with E-state index >= 15 is 0 Å². The lowest BCUT2D eigenvalue weighted by Crippen LogP contribution is -2.40. The first-order valence-electron chi connectivity index (χ1n) is 8.87. The number of halogens is 1. The molecule has 0 atom stereocenters. The van der Waals surface area contributed by atoms with Crippen LogP contribution in [0.15, 0.2) is 28.2 Å². The maximum absolute atomic E-state index is 12.1. The van der Waals surface area contributed by atoms with Crippen LogP contribution in [0.3, 0.4) is 0 Å². The smallest absolute Gasteiger partial charge is 0.410 e. The third kappa shape index (κ3) is 6.73. The van der Waals surface area contributed by atoms with Crippen LogP contribution in [0.2, 0.25) is 0 Å². The van der Waals surface area contributed by atoms with E-state index in [-0.39, 0.29) is 6.09 Å². The van der Waals surface area contributed by atoms with Crippen LogP contribution in [0.5, 0.6) is 5.75 Å². The number of nitrogens with zero attached hydrogens (tertiary/aromatic N) is 1. The summed E-state index contributed by atoms with van der Waals surface area (Å²) < 4.78 is 12.2. The Balaban J connectivity index is 1.98. The molecule has 1 aromatic rings. The Labute approximate surface area is 159 Å². The second-order valence-corrected chi connectivity index (χ2v) is 8.25. The minimum Gasteiger partial charge on any atom is -0.494 e. The van der Waals surface area contributed by atoms with Crippen molar-refractivity contribution >= 4 is 28.1 Å². The Hall–Kier alpha value is -1.49. The highest BCUT2D eigenvalue weighted by molar-refractivity contribution is 9.10. The number of carbonyl (C=O) groups is 1. The molecular formula is C20H28BrNO3. The van der Waals surface area contributed by atoms with Gasteiger partial charge in [-0.15, -0.1) is 0 Å². The summed E-state index contributed by atoms with van der Waals surface area (Å²) in [5.41, 5.74) is 2.03. The highest BCUT2D eigenvalue weighted by atomic mass is 79.9. The van der Waals surface area contributed by atoms with Gasteiger partial charge < -0.3 is 14.4 Å². The lowest BCUT2D eigenvalue weighted by atomic mass is 10.0. The average Bonchev–Trinajstić information content (AvgIpc) is 2.51. The third-order valence-corrected chi connectivity index (χ3v) is 4.25. The van der Waals surface area contributed by atoms with Gasteiger partial charge in [0.15, 0.2) is 0 Å². The molecule has 0 aliphatic carbocycles. The maximum atomic E-state index is 12.1. The fraction of sp³-hybridized carbons (Fsp3) is 0.550. The molecule has 1 aliphatic heterocycles. The quantitative estimate of drug-likeness (QED) is 0.644. The number of hydrogen-bond acceptors (Lipinski definition) is 3. The van der Waals surface area contributed by atoms with Crippen LogP contribution >= 0.6 is 15.9 Å². The van der Waals surface area contributed by atoms with Crippen LogP contribution in [0.1, 0.15) is 52.5 Å². The van der Waals surface area contributed by atoms with E-state index in [1.54, 1.807) is 4.90 Å². The van der Waals surface area contributed by atoms with Gasteiger partial charge in [0.2, 0.25) is 0 Å². The summed E-state index contributed by atoms with van der Waals surface area (Å²) in [5.74, 6) is 0.884. The van der Waals surface area contributed by atoms with Crippen molar-refractivity contribution in [1.29, 1.82) is 0 Å². The number of likely N-dealkylation sites (tertiary alicyclic amines) is 1. The van der Waals surface area contributed by atoms with Gasteiger partial charge in [0.25, 0.3) is 0 Å². The first-order valence-corrected chi connectivity index (χ1v) is 9.67. The van der Waals surface area contributed by atoms with Crippen LogP contribution in [0.25, 0.3) is 6.08 Å². The fourth-order valence-electron chi connectivity index (χ4n) is 2.65. The van der Waals surface area contributed by atoms with Gasteiger partial charge in [-0.1, -0.05) is 34.5 Å². The summed E-state index contributed by atoms with van der Waals surface area (Å²) in [5, 5.41) is 0. The first kappa shape index (κ1) is 19.8. The van der Waals surface area contributed by atoms with Gasteiger partial charge in [0, 0.05) is 17.6 Å². The van der Waals surface area contributed by atoms with E-state index in [2.05, 4.69) is 41.1 Å². The number of carbonyl (C=O) groups excluding carboxylic acids is 1. The fourth-order valence-corrected chi connectivity index (χ4v) is 3.14. The van der Waals surface area contributed by atoms with Crippen molar-refractivity contribution in [2.45, 2.75) is 52.6 Å². The van der Waals surface area contributed by atoms with E-state index in [1.807, 2.05) is 26.8 Å². The van der Waals surface area contributed by atoms with Gasteiger partial charge in [-0.25, -0.2) is 4.79 Å². The molecule has 5 heteroatoms. The SMILES string of the molecule is CCCOc1cc(Br)cc(C=C2CCN(C(=O)OC(C)(C)C)CC2)c1. The number of benzene rings is 1. The van der Waals surface area contributed by atoms with Gasteiger partial charge in [-0.05, 0) is 63.8 Å². The topological polar surface area (TPSA) is 38.8 Å². The maximum Gasteiger partial charge on any atom is 0.410 e. The number of piperidine rings is 1. The van der Waals surface area contributed by atoms with Gasteiger partial charge in [-0.2, -0.15) is 0 Å². The summed E-state index contributed by atoms with van der Waals surface area (Å²) in [6.07, 6.45) is 4.72. The Morgan fingerprint density at radius 3 is 2.52 bits per heavy atom. The van der Waals surface area contributed by atoms with Crippen LogP contribution < -0.4 is 4.74 Å². The molecule has 1 amide bonds. The van der Waals surface area contributed by atoms with Crippen molar-refractivity contribution in [2.75, 3.05) is 19.7 Å². The van der Waals surface area contributed by atoms with E-state index in [1.165, 1.54) is 5.57 Å². The summed E-state index contributed by atoms with van der Waals surface area (Å²) in [6.45, 7) is 9.90. The zero-order chi connectivity index (χ0) is 18.4. The zero-order valence-corrected chi connectivity index (χ0v) is 17.2. The molecule has 1 aliphatic rings. The van der Waals surface area contributed by atoms with Gasteiger partial charge >= 0.3 is 6.09 Å². The highest BCUT2D eigenvalue weighted by Gasteiger charge is 2.24. The Kier molecular flexibility index (Phi) is 6.94. The molecule has 0 aromatic heterocycles. The number of hydrogen-bond donors (Lipinski definition) is 0. The molecule has 1 aromatic carbocycles. The van der Waals surface area contributed by atoms with E-state index in [0.29, 0.717) is 13.1 Å². The predicted molar refractivity (Wildman–Crippen MR) is 105 cm³/mol. The molecule has 2 rings (SSSR count). The van der Waals surface area contributed by atoms with Crippen LogP contribution in [-0.4, -0.2) is 36.3 Å². The molecule has 4 nitrogen and oxygen atoms in total. The predicted octanol–water partition coefficient (Wildman–Crippen LogP) is 5.65. The summed E-state index contributed by atoms with van der Waals surface area (Å²) in [6, 6.07) is 6.14. The first-order chi connectivity index (χ1) is 11.8. The van der Waals surface area contributed by atoms with Crippen LogP contribution in [0.4, 0.5) is 4.79 Å². The van der Waals surface area contributed by atoms with Crippen LogP contribution in [-0.2, 0) is 4.74 Å². The third-order valence-electron chi connectivity index (χ3n) is 3.79. The molecular weight excluding hydrogens is 382 g/mol. The largest absolute Gasteiger partial charge is 0.494 e. The van der Waals surface area contributed by atoms with Crippen molar-refractivity contribution in [3.05, 3.63) is 33.8 Å². The lowest BCUT2D eigenvalue weighted by Gasteiger charge is -2.31. The molecule has 0 unspecified atom stereocenters. The molecule has 25 heavy (non-hydrogen) atoms. The highest BCUT2D eigenvalue weighted by Crippen LogP contribution is 2.26. The van der Waals surface area contributed by atoms with Crippen molar-refractivity contribution in [3.63, 3.8) is 0 Å². The van der Waals surface area contributed by atoms with Crippen molar-refractivity contribution in [1.82, 2.24) is 4.90 Å². The van der Waals surface area contributed by atoms with Gasteiger partial charge in [0.05, 0.1) is 6.61 Å². The minimum atomic E-state index is -0.446. The Morgan fingerprint density at radius 2 is 1.92 bits per heavy atom. The van der Waals surface area contributed by atoms with Gasteiger partial charge in [0.1, 0.15) is 11.4 Å². The molecule has 0 spiro atoms. The standard InChI is InChI=1S/C20H28BrNO3/c1-5-10-24-18-13-16(12-17(21)14-18)11-15-6-8-22(9-7-15)19(23)25-20(2,3)4/h11-14H,5-10H2,1-4H3. The lowest BCUT2D eigenvalue weighted by molar-refractivity contribution is 0.0237. The average molecular weight is 410 g/mol. The van der Waals surface area contributed by atoms with Crippen molar-refractivity contribution in [3.8, 4) is 5.75 Å². The summed E-state index contributed by atoms with van der Waals surface area (Å²) in [4.78, 5) is 13.9. The van der Waals surface area contributed by atoms with Gasteiger partial charge in [-0.3, -0.25) is 0 Å².